The molecule has 2 aliphatic rings. The van der Waals surface area contributed by atoms with Crippen molar-refractivity contribution in [3.63, 3.8) is 0 Å². The highest BCUT2D eigenvalue weighted by Crippen LogP contribution is 2.32. The van der Waals surface area contributed by atoms with Crippen molar-refractivity contribution in [1.82, 2.24) is 4.90 Å². The average Bonchev–Trinajstić information content (AvgIpc) is 3.28. The summed E-state index contributed by atoms with van der Waals surface area (Å²) in [5, 5.41) is 5.13. The van der Waals surface area contributed by atoms with Gasteiger partial charge in [-0.3, -0.25) is 24.1 Å². The van der Waals surface area contributed by atoms with E-state index in [1.165, 1.54) is 0 Å². The van der Waals surface area contributed by atoms with Gasteiger partial charge in [0, 0.05) is 30.2 Å². The van der Waals surface area contributed by atoms with Crippen LogP contribution in [0.15, 0.2) is 77.7 Å². The molecule has 0 atom stereocenters. The van der Waals surface area contributed by atoms with Gasteiger partial charge in [-0.2, -0.15) is 0 Å². The number of benzene rings is 3. The molecule has 0 saturated carbocycles. The number of para-hydroxylation sites is 1. The van der Waals surface area contributed by atoms with Crippen molar-refractivity contribution in [1.29, 1.82) is 0 Å². The fourth-order valence-corrected chi connectivity index (χ4v) is 5.66. The number of carbonyl (C=O) groups excluding carboxylic acids is 4. The Labute approximate surface area is 260 Å². The number of hydrogen-bond donors (Lipinski definition) is 2. The normalized spacial score (nSPS) is 16.0. The predicted octanol–water partition coefficient (Wildman–Crippen LogP) is 5.34. The number of imide groups is 1. The molecule has 0 unspecified atom stereocenters. The summed E-state index contributed by atoms with van der Waals surface area (Å²) in [6.07, 6.45) is 1.59. The molecule has 2 fully saturated rings. The van der Waals surface area contributed by atoms with Gasteiger partial charge in [-0.05, 0) is 77.3 Å². The van der Waals surface area contributed by atoms with Gasteiger partial charge in [0.25, 0.3) is 17.1 Å². The van der Waals surface area contributed by atoms with E-state index in [-0.39, 0.29) is 29.9 Å². The maximum absolute atomic E-state index is 12.9. The second-order valence-electron chi connectivity index (χ2n) is 10.6. The van der Waals surface area contributed by atoms with E-state index in [0.29, 0.717) is 30.2 Å². The van der Waals surface area contributed by atoms with Gasteiger partial charge in [-0.1, -0.05) is 44.2 Å². The van der Waals surface area contributed by atoms with Gasteiger partial charge in [0.2, 0.25) is 5.91 Å². The van der Waals surface area contributed by atoms with Crippen molar-refractivity contribution in [2.24, 2.45) is 0 Å². The highest BCUT2D eigenvalue weighted by atomic mass is 32.2. The van der Waals surface area contributed by atoms with Crippen LogP contribution in [0, 0.1) is 0 Å². The number of amides is 4. The lowest BCUT2D eigenvalue weighted by Crippen LogP contribution is -2.36. The molecule has 3 aromatic carbocycles. The van der Waals surface area contributed by atoms with E-state index >= 15 is 0 Å². The van der Waals surface area contributed by atoms with Gasteiger partial charge in [0.15, 0.2) is 6.61 Å². The van der Waals surface area contributed by atoms with Gasteiger partial charge in [-0.15, -0.1) is 0 Å². The molecule has 0 aliphatic carbocycles. The minimum Gasteiger partial charge on any atom is -0.484 e. The van der Waals surface area contributed by atoms with Crippen LogP contribution >= 0.6 is 11.8 Å². The fourth-order valence-electron chi connectivity index (χ4n) is 4.82. The first-order valence-corrected chi connectivity index (χ1v) is 15.2. The summed E-state index contributed by atoms with van der Waals surface area (Å²) in [6, 6.07) is 21.9. The maximum Gasteiger partial charge on any atom is 0.294 e. The highest BCUT2D eigenvalue weighted by Gasteiger charge is 2.36. The van der Waals surface area contributed by atoms with Gasteiger partial charge in [-0.25, -0.2) is 0 Å². The molecule has 44 heavy (non-hydrogen) atoms. The Balaban J connectivity index is 1.11. The second kappa shape index (κ2) is 14.2. The Morgan fingerprint density at radius 2 is 1.64 bits per heavy atom. The van der Waals surface area contributed by atoms with Crippen LogP contribution in [0.5, 0.6) is 5.75 Å². The standard InChI is InChI=1S/C33H34N4O6S/c1-22(2)27-5-3-4-6-28(27)35-31(39)21-43-26-13-7-23(8-14-26)19-29-32(40)37(33(41)44-29)20-30(38)34-24-9-11-25(12-10-24)36-15-17-42-18-16-36/h3-14,19,22H,15-18,20-21H2,1-2H3,(H,34,38)(H,35,39)/b29-19+. The van der Waals surface area contributed by atoms with E-state index in [4.69, 9.17) is 9.47 Å². The Morgan fingerprint density at radius 3 is 2.34 bits per heavy atom. The summed E-state index contributed by atoms with van der Waals surface area (Å²) >= 11 is 0.784. The smallest absolute Gasteiger partial charge is 0.294 e. The molecule has 3 aromatic rings. The summed E-state index contributed by atoms with van der Waals surface area (Å²) in [5.74, 6) is -0.521. The van der Waals surface area contributed by atoms with Crippen LogP contribution in [0.2, 0.25) is 0 Å². The average molecular weight is 615 g/mol. The third kappa shape index (κ3) is 7.86. The zero-order valence-corrected chi connectivity index (χ0v) is 25.4. The van der Waals surface area contributed by atoms with Gasteiger partial charge in [0.05, 0.1) is 18.1 Å². The third-order valence-corrected chi connectivity index (χ3v) is 8.01. The van der Waals surface area contributed by atoms with Crippen molar-refractivity contribution in [3.8, 4) is 5.75 Å². The fraction of sp³-hybridized carbons (Fsp3) is 0.273. The SMILES string of the molecule is CC(C)c1ccccc1NC(=O)COc1ccc(/C=C2/SC(=O)N(CC(=O)Nc3ccc(N4CCOCC4)cc3)C2=O)cc1. The lowest BCUT2D eigenvalue weighted by molar-refractivity contribution is -0.127. The minimum absolute atomic E-state index is 0.162. The Kier molecular flexibility index (Phi) is 9.98. The molecule has 228 valence electrons. The molecular formula is C33H34N4O6S. The van der Waals surface area contributed by atoms with Crippen molar-refractivity contribution in [2.45, 2.75) is 19.8 Å². The molecule has 2 saturated heterocycles. The number of thioether (sulfide) groups is 1. The van der Waals surface area contributed by atoms with Crippen LogP contribution in [0.1, 0.15) is 30.9 Å². The summed E-state index contributed by atoms with van der Waals surface area (Å²) < 4.78 is 11.0. The van der Waals surface area contributed by atoms with E-state index in [1.807, 2.05) is 36.4 Å². The predicted molar refractivity (Wildman–Crippen MR) is 172 cm³/mol. The molecule has 10 nitrogen and oxygen atoms in total. The van der Waals surface area contributed by atoms with Crippen LogP contribution in [0.3, 0.4) is 0 Å². The van der Waals surface area contributed by atoms with E-state index in [1.54, 1.807) is 42.5 Å². The lowest BCUT2D eigenvalue weighted by Gasteiger charge is -2.28. The number of anilines is 3. The highest BCUT2D eigenvalue weighted by molar-refractivity contribution is 8.18. The molecule has 0 radical (unpaired) electrons. The monoisotopic (exact) mass is 614 g/mol. The molecule has 0 aromatic heterocycles. The quantitative estimate of drug-likeness (QED) is 0.294. The minimum atomic E-state index is -0.531. The van der Waals surface area contributed by atoms with Crippen molar-refractivity contribution in [2.75, 3.05) is 55.0 Å². The van der Waals surface area contributed by atoms with Crippen LogP contribution < -0.4 is 20.3 Å². The Hall–Kier alpha value is -4.61. The van der Waals surface area contributed by atoms with Gasteiger partial charge < -0.3 is 25.0 Å². The van der Waals surface area contributed by atoms with Crippen molar-refractivity contribution >= 4 is 57.9 Å². The van der Waals surface area contributed by atoms with Crippen LogP contribution in [-0.4, -0.2) is 67.3 Å². The summed E-state index contributed by atoms with van der Waals surface area (Å²) in [7, 11) is 0. The molecule has 0 bridgehead atoms. The molecule has 5 rings (SSSR count). The lowest BCUT2D eigenvalue weighted by atomic mass is 10.0. The third-order valence-electron chi connectivity index (χ3n) is 7.11. The Bertz CT molecular complexity index is 1550. The van der Waals surface area contributed by atoms with Crippen LogP contribution in [0.4, 0.5) is 21.9 Å². The zero-order chi connectivity index (χ0) is 31.1. The van der Waals surface area contributed by atoms with Gasteiger partial charge in [0.1, 0.15) is 12.3 Å². The van der Waals surface area contributed by atoms with Crippen LogP contribution in [0.25, 0.3) is 6.08 Å². The Morgan fingerprint density at radius 1 is 0.932 bits per heavy atom. The first kappa shape index (κ1) is 30.8. The zero-order valence-electron chi connectivity index (χ0n) is 24.6. The van der Waals surface area contributed by atoms with Crippen LogP contribution in [-0.2, 0) is 19.1 Å². The number of morpholine rings is 1. The molecule has 2 heterocycles. The molecule has 2 N–H and O–H groups in total. The molecule has 0 spiro atoms. The molecule has 2 aliphatic heterocycles. The van der Waals surface area contributed by atoms with Crippen molar-refractivity contribution < 1.29 is 28.7 Å². The van der Waals surface area contributed by atoms with E-state index in [9.17, 15) is 19.2 Å². The summed E-state index contributed by atoms with van der Waals surface area (Å²) in [6.45, 7) is 6.56. The number of hydrogen-bond acceptors (Lipinski definition) is 8. The summed E-state index contributed by atoms with van der Waals surface area (Å²) in [5.41, 5.74) is 4.09. The first-order valence-electron chi connectivity index (χ1n) is 14.4. The summed E-state index contributed by atoms with van der Waals surface area (Å²) in [4.78, 5) is 54.0. The van der Waals surface area contributed by atoms with Gasteiger partial charge >= 0.3 is 0 Å². The number of nitrogens with zero attached hydrogens (tertiary/aromatic N) is 2. The van der Waals surface area contributed by atoms with E-state index < -0.39 is 17.1 Å². The maximum atomic E-state index is 12.9. The molecular weight excluding hydrogens is 580 g/mol. The number of nitrogens with one attached hydrogen (secondary N) is 2. The number of ether oxygens (including phenoxy) is 2. The topological polar surface area (TPSA) is 117 Å². The second-order valence-corrected chi connectivity index (χ2v) is 11.6. The number of carbonyl (C=O) groups is 4. The van der Waals surface area contributed by atoms with E-state index in [2.05, 4.69) is 29.4 Å². The molecule has 4 amide bonds. The van der Waals surface area contributed by atoms with Crippen molar-refractivity contribution in [3.05, 3.63) is 88.8 Å². The first-order chi connectivity index (χ1) is 21.3. The largest absolute Gasteiger partial charge is 0.484 e. The number of rotatable bonds is 10. The molecule has 11 heteroatoms. The van der Waals surface area contributed by atoms with E-state index in [0.717, 1.165) is 46.7 Å².